The first-order valence-electron chi connectivity index (χ1n) is 7.08. The molecular formula is C15H26N2OS. The summed E-state index contributed by atoms with van der Waals surface area (Å²) in [7, 11) is 0. The molecule has 19 heavy (non-hydrogen) atoms. The van der Waals surface area contributed by atoms with E-state index in [0.29, 0.717) is 6.10 Å². The highest BCUT2D eigenvalue weighted by Crippen LogP contribution is 2.38. The highest BCUT2D eigenvalue weighted by Gasteiger charge is 2.42. The van der Waals surface area contributed by atoms with Crippen molar-refractivity contribution in [1.29, 1.82) is 0 Å². The van der Waals surface area contributed by atoms with Crippen LogP contribution in [0, 0.1) is 12.3 Å². The second-order valence-electron chi connectivity index (χ2n) is 6.76. The summed E-state index contributed by atoms with van der Waals surface area (Å²) in [5.74, 6) is 0. The zero-order valence-electron chi connectivity index (χ0n) is 12.7. The Kier molecular flexibility index (Phi) is 4.33. The molecule has 1 aromatic rings. The first-order chi connectivity index (χ1) is 8.81. The van der Waals surface area contributed by atoms with Crippen LogP contribution in [-0.4, -0.2) is 29.8 Å². The van der Waals surface area contributed by atoms with Gasteiger partial charge in [-0.15, -0.1) is 11.3 Å². The van der Waals surface area contributed by atoms with Gasteiger partial charge < -0.3 is 10.1 Å². The SMILES string of the molecule is Cc1nc(CC2(CNC(C)(C)C)CCOC2C)cs1. The summed E-state index contributed by atoms with van der Waals surface area (Å²) in [6.45, 7) is 12.8. The van der Waals surface area contributed by atoms with Gasteiger partial charge in [0.1, 0.15) is 0 Å². The van der Waals surface area contributed by atoms with Crippen LogP contribution >= 0.6 is 11.3 Å². The average molecular weight is 282 g/mol. The normalized spacial score (nSPS) is 27.9. The minimum atomic E-state index is 0.146. The van der Waals surface area contributed by atoms with Gasteiger partial charge in [-0.25, -0.2) is 4.98 Å². The number of hydrogen-bond donors (Lipinski definition) is 1. The molecule has 1 aliphatic rings. The van der Waals surface area contributed by atoms with E-state index in [2.05, 4.69) is 50.3 Å². The van der Waals surface area contributed by atoms with Crippen LogP contribution in [0.1, 0.15) is 44.8 Å². The molecule has 1 aromatic heterocycles. The van der Waals surface area contributed by atoms with Crippen LogP contribution in [0.4, 0.5) is 0 Å². The molecule has 108 valence electrons. The fourth-order valence-corrected chi connectivity index (χ4v) is 3.25. The zero-order valence-corrected chi connectivity index (χ0v) is 13.6. The van der Waals surface area contributed by atoms with E-state index < -0.39 is 0 Å². The molecular weight excluding hydrogens is 256 g/mol. The van der Waals surface area contributed by atoms with E-state index in [1.165, 1.54) is 5.69 Å². The minimum absolute atomic E-state index is 0.146. The number of aromatic nitrogens is 1. The monoisotopic (exact) mass is 282 g/mol. The molecule has 0 aliphatic carbocycles. The van der Waals surface area contributed by atoms with Gasteiger partial charge in [0.2, 0.25) is 0 Å². The number of nitrogens with zero attached hydrogens (tertiary/aromatic N) is 1. The van der Waals surface area contributed by atoms with Crippen molar-refractivity contribution in [2.75, 3.05) is 13.2 Å². The Morgan fingerprint density at radius 1 is 1.53 bits per heavy atom. The summed E-state index contributed by atoms with van der Waals surface area (Å²) in [6, 6.07) is 0. The maximum atomic E-state index is 5.85. The van der Waals surface area contributed by atoms with Gasteiger partial charge in [0.25, 0.3) is 0 Å². The Balaban J connectivity index is 2.11. The van der Waals surface area contributed by atoms with Crippen LogP contribution < -0.4 is 5.32 Å². The molecule has 4 heteroatoms. The van der Waals surface area contributed by atoms with Crippen LogP contribution in [0.5, 0.6) is 0 Å². The van der Waals surface area contributed by atoms with Gasteiger partial charge in [-0.3, -0.25) is 0 Å². The van der Waals surface area contributed by atoms with Crippen molar-refractivity contribution in [2.24, 2.45) is 5.41 Å². The zero-order chi connectivity index (χ0) is 14.1. The molecule has 1 fully saturated rings. The Hall–Kier alpha value is -0.450. The Labute approximate surface area is 120 Å². The largest absolute Gasteiger partial charge is 0.378 e. The van der Waals surface area contributed by atoms with E-state index in [1.54, 1.807) is 11.3 Å². The minimum Gasteiger partial charge on any atom is -0.378 e. The Morgan fingerprint density at radius 3 is 2.74 bits per heavy atom. The molecule has 2 unspecified atom stereocenters. The van der Waals surface area contributed by atoms with Gasteiger partial charge in [0, 0.05) is 29.5 Å². The fraction of sp³-hybridized carbons (Fsp3) is 0.800. The van der Waals surface area contributed by atoms with E-state index in [-0.39, 0.29) is 11.0 Å². The van der Waals surface area contributed by atoms with Crippen molar-refractivity contribution in [1.82, 2.24) is 10.3 Å². The van der Waals surface area contributed by atoms with Gasteiger partial charge >= 0.3 is 0 Å². The lowest BCUT2D eigenvalue weighted by atomic mass is 9.77. The van der Waals surface area contributed by atoms with Crippen molar-refractivity contribution < 1.29 is 4.74 Å². The Morgan fingerprint density at radius 2 is 2.26 bits per heavy atom. The molecule has 2 heterocycles. The predicted octanol–water partition coefficient (Wildman–Crippen LogP) is 3.18. The molecule has 1 saturated heterocycles. The first-order valence-corrected chi connectivity index (χ1v) is 7.96. The second kappa shape index (κ2) is 5.51. The lowest BCUT2D eigenvalue weighted by Gasteiger charge is -2.35. The highest BCUT2D eigenvalue weighted by molar-refractivity contribution is 7.09. The van der Waals surface area contributed by atoms with Crippen LogP contribution in [0.25, 0.3) is 0 Å². The van der Waals surface area contributed by atoms with E-state index in [1.807, 2.05) is 0 Å². The Bertz CT molecular complexity index is 424. The molecule has 0 spiro atoms. The summed E-state index contributed by atoms with van der Waals surface area (Å²) in [6.07, 6.45) is 2.43. The fourth-order valence-electron chi connectivity index (χ4n) is 2.64. The van der Waals surface area contributed by atoms with Crippen LogP contribution in [0.15, 0.2) is 5.38 Å². The number of hydrogen-bond acceptors (Lipinski definition) is 4. The smallest absolute Gasteiger partial charge is 0.0897 e. The van der Waals surface area contributed by atoms with Gasteiger partial charge in [-0.2, -0.15) is 0 Å². The third-order valence-electron chi connectivity index (χ3n) is 4.00. The summed E-state index contributed by atoms with van der Waals surface area (Å²) >= 11 is 1.74. The van der Waals surface area contributed by atoms with Crippen LogP contribution in [0.3, 0.4) is 0 Å². The molecule has 3 nitrogen and oxygen atoms in total. The topological polar surface area (TPSA) is 34.2 Å². The first kappa shape index (κ1) is 14.9. The van der Waals surface area contributed by atoms with Crippen molar-refractivity contribution in [3.8, 4) is 0 Å². The van der Waals surface area contributed by atoms with Crippen molar-refractivity contribution >= 4 is 11.3 Å². The van der Waals surface area contributed by atoms with Gasteiger partial charge in [-0.1, -0.05) is 0 Å². The summed E-state index contributed by atoms with van der Waals surface area (Å²) < 4.78 is 5.85. The second-order valence-corrected chi connectivity index (χ2v) is 7.83. The van der Waals surface area contributed by atoms with Crippen molar-refractivity contribution in [3.05, 3.63) is 16.1 Å². The lowest BCUT2D eigenvalue weighted by Crippen LogP contribution is -2.47. The molecule has 0 aromatic carbocycles. The lowest BCUT2D eigenvalue weighted by molar-refractivity contribution is 0.0593. The molecule has 1 aliphatic heterocycles. The summed E-state index contributed by atoms with van der Waals surface area (Å²) in [4.78, 5) is 4.63. The molecule has 0 saturated carbocycles. The van der Waals surface area contributed by atoms with E-state index in [4.69, 9.17) is 4.74 Å². The highest BCUT2D eigenvalue weighted by atomic mass is 32.1. The maximum Gasteiger partial charge on any atom is 0.0897 e. The van der Waals surface area contributed by atoms with E-state index >= 15 is 0 Å². The number of ether oxygens (including phenoxy) is 1. The average Bonchev–Trinajstić information content (AvgIpc) is 2.84. The molecule has 0 amide bonds. The molecule has 2 rings (SSSR count). The van der Waals surface area contributed by atoms with Crippen LogP contribution in [0.2, 0.25) is 0 Å². The van der Waals surface area contributed by atoms with Gasteiger partial charge in [0.05, 0.1) is 16.8 Å². The third-order valence-corrected chi connectivity index (χ3v) is 4.82. The number of aryl methyl sites for hydroxylation is 1. The van der Waals surface area contributed by atoms with Crippen molar-refractivity contribution in [2.45, 2.75) is 59.1 Å². The predicted molar refractivity (Wildman–Crippen MR) is 80.8 cm³/mol. The standard InChI is InChI=1S/C15H26N2OS/c1-11-15(6-7-18-11,10-16-14(3,4)5)8-13-9-19-12(2)17-13/h9,11,16H,6-8,10H2,1-5H3. The van der Waals surface area contributed by atoms with Gasteiger partial charge in [-0.05, 0) is 47.5 Å². The summed E-state index contributed by atoms with van der Waals surface area (Å²) in [5.41, 5.74) is 1.55. The van der Waals surface area contributed by atoms with Gasteiger partial charge in [0.15, 0.2) is 0 Å². The third kappa shape index (κ3) is 3.77. The molecule has 1 N–H and O–H groups in total. The summed E-state index contributed by atoms with van der Waals surface area (Å²) in [5, 5.41) is 7.00. The van der Waals surface area contributed by atoms with Crippen molar-refractivity contribution in [3.63, 3.8) is 0 Å². The van der Waals surface area contributed by atoms with E-state index in [0.717, 1.165) is 31.0 Å². The molecule has 2 atom stereocenters. The number of nitrogens with one attached hydrogen (secondary N) is 1. The number of rotatable bonds is 4. The number of thiazole rings is 1. The molecule has 0 bridgehead atoms. The quantitative estimate of drug-likeness (QED) is 0.921. The van der Waals surface area contributed by atoms with E-state index in [9.17, 15) is 0 Å². The molecule has 0 radical (unpaired) electrons. The van der Waals surface area contributed by atoms with Crippen LogP contribution in [-0.2, 0) is 11.2 Å². The maximum absolute atomic E-state index is 5.85.